The summed E-state index contributed by atoms with van der Waals surface area (Å²) in [7, 11) is 0. The number of carboxylic acid groups (broad SMARTS) is 2. The van der Waals surface area contributed by atoms with Crippen LogP contribution in [0.15, 0.2) is 24.3 Å². The van der Waals surface area contributed by atoms with Gasteiger partial charge in [-0.1, -0.05) is 52.2 Å². The molecule has 1 atom stereocenters. The molecule has 0 aliphatic carbocycles. The highest BCUT2D eigenvalue weighted by atomic mass is 16.4. The van der Waals surface area contributed by atoms with E-state index in [2.05, 4.69) is 20.1 Å². The van der Waals surface area contributed by atoms with Gasteiger partial charge in [0.1, 0.15) is 0 Å². The molecule has 0 aromatic heterocycles. The molecule has 0 spiro atoms. The number of aliphatic hydroxyl groups excluding tert-OH is 2. The summed E-state index contributed by atoms with van der Waals surface area (Å²) >= 11 is 0. The Morgan fingerprint density at radius 3 is 1.54 bits per heavy atom. The van der Waals surface area contributed by atoms with Gasteiger partial charge in [-0.05, 0) is 26.7 Å². The zero-order valence-electron chi connectivity index (χ0n) is 15.3. The van der Waals surface area contributed by atoms with Crippen LogP contribution < -0.4 is 0 Å². The lowest BCUT2D eigenvalue weighted by Gasteiger charge is -2.07. The highest BCUT2D eigenvalue weighted by Gasteiger charge is 2.01. The van der Waals surface area contributed by atoms with Crippen molar-refractivity contribution in [1.82, 2.24) is 0 Å². The summed E-state index contributed by atoms with van der Waals surface area (Å²) < 4.78 is 0. The van der Waals surface area contributed by atoms with Crippen LogP contribution in [-0.2, 0) is 9.59 Å². The van der Waals surface area contributed by atoms with Gasteiger partial charge in [0, 0.05) is 17.8 Å². The smallest absolute Gasteiger partial charge is 0.330 e. The molecule has 0 aromatic rings. The Balaban J connectivity index is -0.000000309. The van der Waals surface area contributed by atoms with Crippen LogP contribution >= 0.6 is 0 Å². The number of rotatable bonds is 10. The fraction of sp³-hybridized carbons (Fsp3) is 0.667. The van der Waals surface area contributed by atoms with Gasteiger partial charge >= 0.3 is 11.9 Å². The summed E-state index contributed by atoms with van der Waals surface area (Å²) in [5.41, 5.74) is 0.352. The summed E-state index contributed by atoms with van der Waals surface area (Å²) in [6.45, 7) is 11.5. The van der Waals surface area contributed by atoms with E-state index in [4.69, 9.17) is 15.3 Å². The van der Waals surface area contributed by atoms with Crippen molar-refractivity contribution in [1.29, 1.82) is 0 Å². The molecule has 0 rings (SSSR count). The SMILES string of the molecule is C=C(C)C(=O)O.C=C(C)C(=O)O.CCCCCCCC(O)CCO. The maximum atomic E-state index is 9.60. The number of carboxylic acids is 2. The monoisotopic (exact) mass is 346 g/mol. The zero-order valence-corrected chi connectivity index (χ0v) is 15.3. The van der Waals surface area contributed by atoms with E-state index in [1.807, 2.05) is 0 Å². The van der Waals surface area contributed by atoms with E-state index in [1.165, 1.54) is 39.5 Å². The van der Waals surface area contributed by atoms with Gasteiger partial charge in [0.15, 0.2) is 0 Å². The highest BCUT2D eigenvalue weighted by Crippen LogP contribution is 2.08. The topological polar surface area (TPSA) is 115 Å². The van der Waals surface area contributed by atoms with Crippen molar-refractivity contribution < 1.29 is 30.0 Å². The Kier molecular flexibility index (Phi) is 22.0. The Labute approximate surface area is 145 Å². The van der Waals surface area contributed by atoms with E-state index in [9.17, 15) is 14.7 Å². The highest BCUT2D eigenvalue weighted by molar-refractivity contribution is 5.85. The number of hydrogen-bond donors (Lipinski definition) is 4. The van der Waals surface area contributed by atoms with Gasteiger partial charge in [-0.3, -0.25) is 0 Å². The lowest BCUT2D eigenvalue weighted by Crippen LogP contribution is -2.08. The van der Waals surface area contributed by atoms with Gasteiger partial charge in [0.05, 0.1) is 6.10 Å². The van der Waals surface area contributed by atoms with E-state index in [1.54, 1.807) is 0 Å². The van der Waals surface area contributed by atoms with E-state index >= 15 is 0 Å². The fourth-order valence-corrected chi connectivity index (χ4v) is 1.28. The zero-order chi connectivity index (χ0) is 19.5. The van der Waals surface area contributed by atoms with Gasteiger partial charge in [-0.2, -0.15) is 0 Å². The molecule has 0 fully saturated rings. The van der Waals surface area contributed by atoms with Crippen LogP contribution in [0.2, 0.25) is 0 Å². The van der Waals surface area contributed by atoms with Gasteiger partial charge in [-0.15, -0.1) is 0 Å². The molecule has 0 amide bonds. The Morgan fingerprint density at radius 2 is 1.25 bits per heavy atom. The molecular formula is C18H34O6. The number of aliphatic hydroxyl groups is 2. The first-order chi connectivity index (χ1) is 11.1. The molecule has 6 nitrogen and oxygen atoms in total. The Bertz CT molecular complexity index is 315. The maximum Gasteiger partial charge on any atom is 0.330 e. The van der Waals surface area contributed by atoms with Gasteiger partial charge in [0.2, 0.25) is 0 Å². The third-order valence-electron chi connectivity index (χ3n) is 2.83. The second-order valence-electron chi connectivity index (χ2n) is 5.54. The Hall–Kier alpha value is -1.66. The van der Waals surface area contributed by atoms with Gasteiger partial charge < -0.3 is 20.4 Å². The van der Waals surface area contributed by atoms with Crippen molar-refractivity contribution in [2.75, 3.05) is 6.61 Å². The van der Waals surface area contributed by atoms with Gasteiger partial charge in [0.25, 0.3) is 0 Å². The molecule has 0 saturated carbocycles. The minimum Gasteiger partial charge on any atom is -0.478 e. The second-order valence-corrected chi connectivity index (χ2v) is 5.54. The summed E-state index contributed by atoms with van der Waals surface area (Å²) in [5, 5.41) is 33.5. The molecule has 0 heterocycles. The summed E-state index contributed by atoms with van der Waals surface area (Å²) in [6, 6.07) is 0. The fourth-order valence-electron chi connectivity index (χ4n) is 1.28. The molecular weight excluding hydrogens is 312 g/mol. The molecule has 0 aliphatic heterocycles. The van der Waals surface area contributed by atoms with Crippen molar-refractivity contribution in [3.63, 3.8) is 0 Å². The quantitative estimate of drug-likeness (QED) is 0.356. The molecule has 1 unspecified atom stereocenters. The summed E-state index contributed by atoms with van der Waals surface area (Å²) in [6.07, 6.45) is 7.27. The molecule has 0 radical (unpaired) electrons. The maximum absolute atomic E-state index is 9.60. The van der Waals surface area contributed by atoms with Crippen molar-refractivity contribution >= 4 is 11.9 Å². The van der Waals surface area contributed by atoms with Crippen molar-refractivity contribution in [2.24, 2.45) is 0 Å². The van der Waals surface area contributed by atoms with Crippen LogP contribution in [0.25, 0.3) is 0 Å². The predicted octanol–water partition coefficient (Wildman–Crippen LogP) is 3.38. The normalized spacial score (nSPS) is 10.4. The van der Waals surface area contributed by atoms with Crippen LogP contribution in [0.4, 0.5) is 0 Å². The minimum absolute atomic E-state index is 0.107. The molecule has 24 heavy (non-hydrogen) atoms. The van der Waals surface area contributed by atoms with E-state index in [0.29, 0.717) is 6.42 Å². The average molecular weight is 346 g/mol. The first kappa shape index (κ1) is 27.2. The lowest BCUT2D eigenvalue weighted by atomic mass is 10.1. The van der Waals surface area contributed by atoms with E-state index < -0.39 is 11.9 Å². The van der Waals surface area contributed by atoms with Crippen LogP contribution in [0, 0.1) is 0 Å². The third-order valence-corrected chi connectivity index (χ3v) is 2.83. The van der Waals surface area contributed by atoms with Crippen LogP contribution in [0.1, 0.15) is 65.7 Å². The molecule has 0 saturated heterocycles. The van der Waals surface area contributed by atoms with E-state index in [-0.39, 0.29) is 23.9 Å². The molecule has 6 heteroatoms. The lowest BCUT2D eigenvalue weighted by molar-refractivity contribution is -0.133. The van der Waals surface area contributed by atoms with Crippen molar-refractivity contribution in [3.8, 4) is 0 Å². The summed E-state index contributed by atoms with van der Waals surface area (Å²) in [5.74, 6) is -1.87. The van der Waals surface area contributed by atoms with Gasteiger partial charge in [-0.25, -0.2) is 9.59 Å². The number of hydrogen-bond acceptors (Lipinski definition) is 4. The molecule has 4 N–H and O–H groups in total. The third kappa shape index (κ3) is 28.5. The van der Waals surface area contributed by atoms with Crippen LogP contribution in [0.5, 0.6) is 0 Å². The molecule has 0 aromatic carbocycles. The first-order valence-corrected chi connectivity index (χ1v) is 8.16. The standard InChI is InChI=1S/C10H22O2.2C4H6O2/c1-2-3-4-5-6-7-10(12)8-9-11;2*1-3(2)4(5)6/h10-12H,2-9H2,1H3;2*1H2,2H3,(H,5,6). The number of unbranched alkanes of at least 4 members (excludes halogenated alkanes) is 4. The summed E-state index contributed by atoms with van der Waals surface area (Å²) in [4.78, 5) is 19.2. The van der Waals surface area contributed by atoms with Crippen LogP contribution in [-0.4, -0.2) is 45.1 Å². The predicted molar refractivity (Wildman–Crippen MR) is 96.0 cm³/mol. The first-order valence-electron chi connectivity index (χ1n) is 8.16. The van der Waals surface area contributed by atoms with Crippen LogP contribution in [0.3, 0.4) is 0 Å². The number of carbonyl (C=O) groups is 2. The van der Waals surface area contributed by atoms with Crippen molar-refractivity contribution in [3.05, 3.63) is 24.3 Å². The molecule has 0 bridgehead atoms. The minimum atomic E-state index is -0.935. The average Bonchev–Trinajstić information content (AvgIpc) is 2.48. The van der Waals surface area contributed by atoms with E-state index in [0.717, 1.165) is 12.8 Å². The largest absolute Gasteiger partial charge is 0.478 e. The van der Waals surface area contributed by atoms with Crippen molar-refractivity contribution in [2.45, 2.75) is 71.8 Å². The number of aliphatic carboxylic acids is 2. The molecule has 0 aliphatic rings. The second kappa shape index (κ2) is 19.4. The Morgan fingerprint density at radius 1 is 0.875 bits per heavy atom. The molecule has 142 valence electrons.